The molecule has 0 heterocycles. The van der Waals surface area contributed by atoms with Crippen LogP contribution in [0.2, 0.25) is 10.0 Å². The van der Waals surface area contributed by atoms with Gasteiger partial charge in [0, 0.05) is 16.1 Å². The Bertz CT molecular complexity index is 519. The molecule has 0 aliphatic rings. The Hall–Kier alpha value is -0.330. The van der Waals surface area contributed by atoms with Crippen molar-refractivity contribution < 1.29 is 13.5 Å². The molecule has 1 aromatic rings. The number of benzene rings is 1. The van der Waals surface area contributed by atoms with Crippen LogP contribution >= 0.6 is 23.2 Å². The van der Waals surface area contributed by atoms with E-state index in [-0.39, 0.29) is 0 Å². The number of nitrogens with one attached hydrogen (secondary N) is 1. The van der Waals surface area contributed by atoms with E-state index in [1.54, 1.807) is 25.1 Å². The van der Waals surface area contributed by atoms with Gasteiger partial charge < -0.3 is 5.11 Å². The third-order valence-corrected chi connectivity index (χ3v) is 5.01. The molecule has 102 valence electrons. The van der Waals surface area contributed by atoms with Crippen molar-refractivity contribution in [2.75, 3.05) is 6.61 Å². The van der Waals surface area contributed by atoms with Gasteiger partial charge in [-0.05, 0) is 31.5 Å². The van der Waals surface area contributed by atoms with Gasteiger partial charge >= 0.3 is 0 Å². The second-order valence-electron chi connectivity index (χ2n) is 4.04. The van der Waals surface area contributed by atoms with Gasteiger partial charge in [-0.15, -0.1) is 0 Å². The molecule has 0 aromatic heterocycles. The number of rotatable bonds is 5. The number of aliphatic hydroxyl groups is 1. The summed E-state index contributed by atoms with van der Waals surface area (Å²) in [7, 11) is -3.58. The summed E-state index contributed by atoms with van der Waals surface area (Å²) in [5, 5.41) is 8.90. The molecule has 18 heavy (non-hydrogen) atoms. The fourth-order valence-electron chi connectivity index (χ4n) is 1.38. The van der Waals surface area contributed by atoms with E-state index < -0.39 is 27.9 Å². The minimum atomic E-state index is -3.58. The van der Waals surface area contributed by atoms with Crippen LogP contribution in [0.5, 0.6) is 0 Å². The van der Waals surface area contributed by atoms with Crippen LogP contribution < -0.4 is 4.72 Å². The van der Waals surface area contributed by atoms with Crippen molar-refractivity contribution in [1.29, 1.82) is 0 Å². The summed E-state index contributed by atoms with van der Waals surface area (Å²) >= 11 is 11.8. The molecule has 0 radical (unpaired) electrons. The topological polar surface area (TPSA) is 66.4 Å². The van der Waals surface area contributed by atoms with Crippen molar-refractivity contribution in [3.8, 4) is 0 Å². The first-order valence-corrected chi connectivity index (χ1v) is 7.65. The SMILES string of the molecule is CC(NS(=O)(=O)C(C)CO)c1ccc(Cl)cc1Cl. The second kappa shape index (κ2) is 6.21. The second-order valence-corrected chi connectivity index (χ2v) is 7.02. The maximum atomic E-state index is 11.8. The third-order valence-electron chi connectivity index (χ3n) is 2.56. The molecule has 0 bridgehead atoms. The lowest BCUT2D eigenvalue weighted by Gasteiger charge is -2.18. The third kappa shape index (κ3) is 3.83. The van der Waals surface area contributed by atoms with Gasteiger partial charge in [-0.1, -0.05) is 29.3 Å². The first-order valence-electron chi connectivity index (χ1n) is 5.35. The number of sulfonamides is 1. The van der Waals surface area contributed by atoms with Gasteiger partial charge in [0.25, 0.3) is 0 Å². The van der Waals surface area contributed by atoms with Crippen molar-refractivity contribution in [3.05, 3.63) is 33.8 Å². The standard InChI is InChI=1S/C11H15Cl2NO3S/c1-7(6-15)18(16,17)14-8(2)10-4-3-9(12)5-11(10)13/h3-5,7-8,14-15H,6H2,1-2H3. The summed E-state index contributed by atoms with van der Waals surface area (Å²) in [5.74, 6) is 0. The highest BCUT2D eigenvalue weighted by atomic mass is 35.5. The van der Waals surface area contributed by atoms with E-state index in [0.717, 1.165) is 0 Å². The molecule has 2 unspecified atom stereocenters. The molecule has 0 aliphatic carbocycles. The van der Waals surface area contributed by atoms with Crippen LogP contribution in [0, 0.1) is 0 Å². The molecule has 0 amide bonds. The molecular weight excluding hydrogens is 297 g/mol. The van der Waals surface area contributed by atoms with Crippen molar-refractivity contribution >= 4 is 33.2 Å². The summed E-state index contributed by atoms with van der Waals surface area (Å²) in [6.07, 6.45) is 0. The average Bonchev–Trinajstić information content (AvgIpc) is 2.26. The lowest BCUT2D eigenvalue weighted by molar-refractivity contribution is 0.294. The molecule has 7 heteroatoms. The fourth-order valence-corrected chi connectivity index (χ4v) is 3.00. The van der Waals surface area contributed by atoms with E-state index in [9.17, 15) is 8.42 Å². The van der Waals surface area contributed by atoms with Gasteiger partial charge in [0.1, 0.15) is 0 Å². The fraction of sp³-hybridized carbons (Fsp3) is 0.455. The molecule has 2 atom stereocenters. The van der Waals surface area contributed by atoms with E-state index in [2.05, 4.69) is 4.72 Å². The van der Waals surface area contributed by atoms with Crippen molar-refractivity contribution in [3.63, 3.8) is 0 Å². The van der Waals surface area contributed by atoms with Crippen molar-refractivity contribution in [2.24, 2.45) is 0 Å². The lowest BCUT2D eigenvalue weighted by Crippen LogP contribution is -2.36. The molecule has 0 fully saturated rings. The van der Waals surface area contributed by atoms with Crippen molar-refractivity contribution in [1.82, 2.24) is 4.72 Å². The van der Waals surface area contributed by atoms with Crippen LogP contribution in [0.4, 0.5) is 0 Å². The van der Waals surface area contributed by atoms with Crippen LogP contribution in [0.15, 0.2) is 18.2 Å². The summed E-state index contributed by atoms with van der Waals surface area (Å²) < 4.78 is 26.0. The molecule has 0 spiro atoms. The molecule has 2 N–H and O–H groups in total. The summed E-state index contributed by atoms with van der Waals surface area (Å²) in [5.41, 5.74) is 0.634. The molecule has 0 saturated carbocycles. The van der Waals surface area contributed by atoms with E-state index in [1.807, 2.05) is 0 Å². The first-order chi connectivity index (χ1) is 8.27. The largest absolute Gasteiger partial charge is 0.395 e. The molecule has 0 aliphatic heterocycles. The highest BCUT2D eigenvalue weighted by Crippen LogP contribution is 2.26. The summed E-state index contributed by atoms with van der Waals surface area (Å²) in [6, 6.07) is 4.37. The van der Waals surface area contributed by atoms with E-state index in [1.165, 1.54) is 6.92 Å². The van der Waals surface area contributed by atoms with Gasteiger partial charge in [0.15, 0.2) is 0 Å². The van der Waals surface area contributed by atoms with E-state index in [4.69, 9.17) is 28.3 Å². The van der Waals surface area contributed by atoms with E-state index >= 15 is 0 Å². The zero-order valence-electron chi connectivity index (χ0n) is 10.0. The zero-order valence-corrected chi connectivity index (χ0v) is 12.4. The number of hydrogen-bond donors (Lipinski definition) is 2. The quantitative estimate of drug-likeness (QED) is 0.877. The number of halogens is 2. The Labute approximate surface area is 117 Å². The summed E-state index contributed by atoms with van der Waals surface area (Å²) in [4.78, 5) is 0. The van der Waals surface area contributed by atoms with Gasteiger partial charge in [-0.3, -0.25) is 0 Å². The number of hydrogen-bond acceptors (Lipinski definition) is 3. The predicted octanol–water partition coefficient (Wildman–Crippen LogP) is 2.35. The molecule has 1 aromatic carbocycles. The monoisotopic (exact) mass is 311 g/mol. The number of aliphatic hydroxyl groups excluding tert-OH is 1. The Balaban J connectivity index is 2.92. The molecular formula is C11H15Cl2NO3S. The molecule has 4 nitrogen and oxygen atoms in total. The first kappa shape index (κ1) is 15.7. The minimum absolute atomic E-state index is 0.398. The van der Waals surface area contributed by atoms with Crippen LogP contribution in [-0.2, 0) is 10.0 Å². The van der Waals surface area contributed by atoms with Gasteiger partial charge in [-0.2, -0.15) is 0 Å². The lowest BCUT2D eigenvalue weighted by atomic mass is 10.1. The average molecular weight is 312 g/mol. The predicted molar refractivity (Wildman–Crippen MR) is 73.5 cm³/mol. The maximum Gasteiger partial charge on any atom is 0.217 e. The Morgan fingerprint density at radius 3 is 2.44 bits per heavy atom. The highest BCUT2D eigenvalue weighted by molar-refractivity contribution is 7.90. The van der Waals surface area contributed by atoms with Gasteiger partial charge in [0.2, 0.25) is 10.0 Å². The summed E-state index contributed by atoms with van der Waals surface area (Å²) in [6.45, 7) is 2.67. The van der Waals surface area contributed by atoms with Crippen LogP contribution in [0.3, 0.4) is 0 Å². The highest BCUT2D eigenvalue weighted by Gasteiger charge is 2.23. The normalized spacial score (nSPS) is 15.4. The van der Waals surface area contributed by atoms with Gasteiger partial charge in [-0.25, -0.2) is 13.1 Å². The van der Waals surface area contributed by atoms with Crippen LogP contribution in [-0.4, -0.2) is 25.4 Å². The Morgan fingerprint density at radius 2 is 1.94 bits per heavy atom. The molecule has 0 saturated heterocycles. The van der Waals surface area contributed by atoms with E-state index in [0.29, 0.717) is 15.6 Å². The van der Waals surface area contributed by atoms with Crippen LogP contribution in [0.1, 0.15) is 25.5 Å². The Kier molecular flexibility index (Phi) is 5.43. The van der Waals surface area contributed by atoms with Crippen LogP contribution in [0.25, 0.3) is 0 Å². The van der Waals surface area contributed by atoms with Gasteiger partial charge in [0.05, 0.1) is 11.9 Å². The zero-order chi connectivity index (χ0) is 13.9. The smallest absolute Gasteiger partial charge is 0.217 e. The Morgan fingerprint density at radius 1 is 1.33 bits per heavy atom. The maximum absolute atomic E-state index is 11.8. The minimum Gasteiger partial charge on any atom is -0.395 e. The molecule has 1 rings (SSSR count). The van der Waals surface area contributed by atoms with Crippen molar-refractivity contribution in [2.45, 2.75) is 25.1 Å².